The molecule has 24 heavy (non-hydrogen) atoms. The number of rotatable bonds is 2. The minimum absolute atomic E-state index is 0.187. The first-order chi connectivity index (χ1) is 11.5. The average Bonchev–Trinajstić information content (AvgIpc) is 3.05. The maximum Gasteiger partial charge on any atom is 0.227 e. The smallest absolute Gasteiger partial charge is 0.227 e. The van der Waals surface area contributed by atoms with Crippen molar-refractivity contribution in [3.63, 3.8) is 0 Å². The molecule has 1 aliphatic rings. The largest absolute Gasteiger partial charge is 0.372 e. The molecule has 7 nitrogen and oxygen atoms in total. The zero-order valence-corrected chi connectivity index (χ0v) is 14.5. The predicted molar refractivity (Wildman–Crippen MR) is 92.1 cm³/mol. The Morgan fingerprint density at radius 3 is 2.62 bits per heavy atom. The lowest BCUT2D eigenvalue weighted by Gasteiger charge is -2.35. The monoisotopic (exact) mass is 326 g/mol. The van der Waals surface area contributed by atoms with Crippen molar-refractivity contribution in [1.82, 2.24) is 24.1 Å². The highest BCUT2D eigenvalue weighted by molar-refractivity contribution is 5.62. The molecule has 1 aliphatic heterocycles. The molecule has 0 N–H and O–H groups in total. The summed E-state index contributed by atoms with van der Waals surface area (Å²) in [5, 5.41) is 8.92. The van der Waals surface area contributed by atoms with Crippen LogP contribution in [0.4, 0.5) is 5.95 Å². The fourth-order valence-corrected chi connectivity index (χ4v) is 3.53. The molecular formula is C17H22N6O. The van der Waals surface area contributed by atoms with E-state index in [-0.39, 0.29) is 12.2 Å². The molecule has 0 saturated carbocycles. The maximum atomic E-state index is 5.82. The number of anilines is 1. The molecule has 0 radical (unpaired) electrons. The van der Waals surface area contributed by atoms with Crippen molar-refractivity contribution < 1.29 is 4.74 Å². The van der Waals surface area contributed by atoms with E-state index in [4.69, 9.17) is 4.74 Å². The van der Waals surface area contributed by atoms with Crippen LogP contribution in [-0.2, 0) is 11.8 Å². The third-order valence-electron chi connectivity index (χ3n) is 4.47. The van der Waals surface area contributed by atoms with Gasteiger partial charge in [0.25, 0.3) is 0 Å². The van der Waals surface area contributed by atoms with Crippen LogP contribution in [0.2, 0.25) is 0 Å². The van der Waals surface area contributed by atoms with Gasteiger partial charge in [0.15, 0.2) is 5.82 Å². The van der Waals surface area contributed by atoms with Crippen LogP contribution in [0.1, 0.15) is 19.5 Å². The molecule has 3 aromatic heterocycles. The molecule has 0 aromatic carbocycles. The van der Waals surface area contributed by atoms with Crippen molar-refractivity contribution in [1.29, 1.82) is 0 Å². The third kappa shape index (κ3) is 2.36. The van der Waals surface area contributed by atoms with Gasteiger partial charge in [0.2, 0.25) is 5.95 Å². The second-order valence-corrected chi connectivity index (χ2v) is 6.52. The fraction of sp³-hybridized carbons (Fsp3) is 0.471. The Bertz CT molecular complexity index is 872. The molecule has 3 aromatic rings. The van der Waals surface area contributed by atoms with Crippen LogP contribution in [0.5, 0.6) is 0 Å². The van der Waals surface area contributed by atoms with Gasteiger partial charge in [-0.15, -0.1) is 10.2 Å². The number of fused-ring (bicyclic) bond motifs is 1. The summed E-state index contributed by atoms with van der Waals surface area (Å²) in [7, 11) is 2.01. The van der Waals surface area contributed by atoms with Gasteiger partial charge in [0, 0.05) is 26.3 Å². The van der Waals surface area contributed by atoms with Gasteiger partial charge in [-0.1, -0.05) is 6.07 Å². The number of hydrogen-bond acceptors (Lipinski definition) is 5. The summed E-state index contributed by atoms with van der Waals surface area (Å²) in [5.74, 6) is 1.70. The molecule has 0 aliphatic carbocycles. The maximum absolute atomic E-state index is 5.82. The minimum atomic E-state index is 0.187. The van der Waals surface area contributed by atoms with Crippen LogP contribution >= 0.6 is 0 Å². The summed E-state index contributed by atoms with van der Waals surface area (Å²) in [6.07, 6.45) is 2.38. The van der Waals surface area contributed by atoms with Crippen molar-refractivity contribution in [3.8, 4) is 11.5 Å². The summed E-state index contributed by atoms with van der Waals surface area (Å²) in [5.41, 5.74) is 2.86. The summed E-state index contributed by atoms with van der Waals surface area (Å²) in [6.45, 7) is 7.84. The highest BCUT2D eigenvalue weighted by Crippen LogP contribution is 2.26. The average molecular weight is 326 g/mol. The molecule has 126 valence electrons. The number of pyridine rings is 1. The standard InChI is InChI=1S/C17H22N6O/c1-11-9-22(10-12(2)24-11)17-20-19-16(21(17)4)15-13(3)18-14-7-5-6-8-23(14)15/h5-8,11-12H,9-10H2,1-4H3/t11-,12+. The summed E-state index contributed by atoms with van der Waals surface area (Å²) in [6, 6.07) is 5.99. The van der Waals surface area contributed by atoms with Crippen LogP contribution in [0.3, 0.4) is 0 Å². The van der Waals surface area contributed by atoms with Gasteiger partial charge in [-0.25, -0.2) is 4.98 Å². The lowest BCUT2D eigenvalue weighted by atomic mass is 10.2. The quantitative estimate of drug-likeness (QED) is 0.721. The van der Waals surface area contributed by atoms with Crippen molar-refractivity contribution in [2.75, 3.05) is 18.0 Å². The van der Waals surface area contributed by atoms with E-state index in [1.54, 1.807) is 0 Å². The lowest BCUT2D eigenvalue weighted by molar-refractivity contribution is -0.00586. The Labute approximate surface area is 140 Å². The molecule has 1 fully saturated rings. The third-order valence-corrected chi connectivity index (χ3v) is 4.47. The van der Waals surface area contributed by atoms with Crippen LogP contribution in [-0.4, -0.2) is 49.4 Å². The van der Waals surface area contributed by atoms with Crippen molar-refractivity contribution >= 4 is 11.6 Å². The van der Waals surface area contributed by atoms with Crippen molar-refractivity contribution in [2.45, 2.75) is 33.0 Å². The van der Waals surface area contributed by atoms with E-state index in [2.05, 4.69) is 38.3 Å². The second kappa shape index (κ2) is 5.59. The molecule has 2 atom stereocenters. The molecule has 1 saturated heterocycles. The highest BCUT2D eigenvalue weighted by atomic mass is 16.5. The minimum Gasteiger partial charge on any atom is -0.372 e. The molecular weight excluding hydrogens is 304 g/mol. The molecule has 0 amide bonds. The van der Waals surface area contributed by atoms with Crippen molar-refractivity contribution in [2.24, 2.45) is 7.05 Å². The van der Waals surface area contributed by atoms with E-state index in [1.165, 1.54) is 0 Å². The van der Waals surface area contributed by atoms with Gasteiger partial charge in [0.1, 0.15) is 11.3 Å². The topological polar surface area (TPSA) is 60.5 Å². The highest BCUT2D eigenvalue weighted by Gasteiger charge is 2.27. The van der Waals surface area contributed by atoms with Gasteiger partial charge in [-0.05, 0) is 32.9 Å². The second-order valence-electron chi connectivity index (χ2n) is 6.52. The van der Waals surface area contributed by atoms with E-state index >= 15 is 0 Å². The molecule has 7 heteroatoms. The molecule has 4 rings (SSSR count). The number of morpholine rings is 1. The number of ether oxygens (including phenoxy) is 1. The number of aryl methyl sites for hydroxylation is 1. The van der Waals surface area contributed by atoms with Crippen LogP contribution in [0.15, 0.2) is 24.4 Å². The summed E-state index contributed by atoms with van der Waals surface area (Å²) in [4.78, 5) is 6.87. The van der Waals surface area contributed by atoms with Crippen LogP contribution < -0.4 is 4.90 Å². The Morgan fingerprint density at radius 1 is 1.12 bits per heavy atom. The Hall–Kier alpha value is -2.41. The Balaban J connectivity index is 1.78. The molecule has 4 heterocycles. The van der Waals surface area contributed by atoms with Gasteiger partial charge in [-0.2, -0.15) is 0 Å². The Kier molecular flexibility index (Phi) is 3.53. The van der Waals surface area contributed by atoms with E-state index in [0.717, 1.165) is 41.9 Å². The van der Waals surface area contributed by atoms with E-state index in [0.29, 0.717) is 0 Å². The Morgan fingerprint density at radius 2 is 1.88 bits per heavy atom. The first-order valence-corrected chi connectivity index (χ1v) is 8.28. The SMILES string of the molecule is Cc1nc2ccccn2c1-c1nnc(N2C[C@@H](C)O[C@@H](C)C2)n1C. The number of nitrogens with zero attached hydrogens (tertiary/aromatic N) is 6. The number of aromatic nitrogens is 5. The number of hydrogen-bond donors (Lipinski definition) is 0. The van der Waals surface area contributed by atoms with Gasteiger partial charge in [0.05, 0.1) is 17.9 Å². The van der Waals surface area contributed by atoms with Crippen molar-refractivity contribution in [3.05, 3.63) is 30.1 Å². The van der Waals surface area contributed by atoms with E-state index in [1.807, 2.05) is 42.9 Å². The zero-order chi connectivity index (χ0) is 16.8. The summed E-state index contributed by atoms with van der Waals surface area (Å²) < 4.78 is 9.93. The fourth-order valence-electron chi connectivity index (χ4n) is 3.53. The van der Waals surface area contributed by atoms with E-state index in [9.17, 15) is 0 Å². The number of imidazole rings is 1. The van der Waals surface area contributed by atoms with E-state index < -0.39 is 0 Å². The van der Waals surface area contributed by atoms with Gasteiger partial charge in [-0.3, -0.25) is 8.97 Å². The molecule has 0 unspecified atom stereocenters. The van der Waals surface area contributed by atoms with Gasteiger partial charge < -0.3 is 9.64 Å². The lowest BCUT2D eigenvalue weighted by Crippen LogP contribution is -2.46. The first-order valence-electron chi connectivity index (χ1n) is 8.28. The normalized spacial score (nSPS) is 21.6. The zero-order valence-electron chi connectivity index (χ0n) is 14.5. The molecule has 0 bridgehead atoms. The predicted octanol–water partition coefficient (Wildman–Crippen LogP) is 2.05. The first kappa shape index (κ1) is 15.1. The van der Waals surface area contributed by atoms with Crippen LogP contribution in [0.25, 0.3) is 17.2 Å². The summed E-state index contributed by atoms with van der Waals surface area (Å²) >= 11 is 0. The van der Waals surface area contributed by atoms with Crippen LogP contribution in [0, 0.1) is 6.92 Å². The molecule has 0 spiro atoms. The van der Waals surface area contributed by atoms with Gasteiger partial charge >= 0.3 is 0 Å².